The van der Waals surface area contributed by atoms with Crippen molar-refractivity contribution in [1.29, 1.82) is 0 Å². The van der Waals surface area contributed by atoms with E-state index in [9.17, 15) is 0 Å². The Morgan fingerprint density at radius 2 is 2.14 bits per heavy atom. The Morgan fingerprint density at radius 1 is 1.38 bits per heavy atom. The molecule has 1 aromatic heterocycles. The Labute approximate surface area is 131 Å². The van der Waals surface area contributed by atoms with Crippen LogP contribution in [0, 0.1) is 5.41 Å². The van der Waals surface area contributed by atoms with Crippen LogP contribution in [0.25, 0.3) is 0 Å². The molecular formula is C16H26N4S. The van der Waals surface area contributed by atoms with Crippen LogP contribution in [0.2, 0.25) is 0 Å². The highest BCUT2D eigenvalue weighted by molar-refractivity contribution is 7.11. The number of hydrogen-bond donors (Lipinski definition) is 1. The van der Waals surface area contributed by atoms with E-state index in [1.54, 1.807) is 0 Å². The van der Waals surface area contributed by atoms with E-state index in [2.05, 4.69) is 29.2 Å². The minimum absolute atomic E-state index is 0.497. The van der Waals surface area contributed by atoms with Crippen molar-refractivity contribution in [3.63, 3.8) is 0 Å². The highest BCUT2D eigenvalue weighted by Gasteiger charge is 2.37. The lowest BCUT2D eigenvalue weighted by Gasteiger charge is -2.22. The van der Waals surface area contributed by atoms with Gasteiger partial charge >= 0.3 is 0 Å². The normalized spacial score (nSPS) is 20.0. The first-order valence-electron chi connectivity index (χ1n) is 7.99. The summed E-state index contributed by atoms with van der Waals surface area (Å²) in [5.74, 6) is 0.983. The van der Waals surface area contributed by atoms with E-state index in [-0.39, 0.29) is 0 Å². The quantitative estimate of drug-likeness (QED) is 0.687. The van der Waals surface area contributed by atoms with Gasteiger partial charge in [0.25, 0.3) is 0 Å². The lowest BCUT2D eigenvalue weighted by molar-refractivity contribution is 0.456. The Morgan fingerprint density at radius 3 is 2.81 bits per heavy atom. The van der Waals surface area contributed by atoms with Crippen molar-refractivity contribution >= 4 is 17.3 Å². The number of fused-ring (bicyclic) bond motifs is 1. The minimum Gasteiger partial charge on any atom is -0.356 e. The zero-order valence-electron chi connectivity index (χ0n) is 13.4. The van der Waals surface area contributed by atoms with E-state index < -0.39 is 0 Å². The number of guanidine groups is 1. The Hall–Kier alpha value is -1.10. The molecule has 116 valence electrons. The number of rotatable bonds is 4. The standard InChI is InChI=1S/C16H26N4S/c1-16(8-9-16)11-18-15(17-2)20(3)10-14-19-12-6-4-5-7-13(12)21-14/h4-11H2,1-3H3,(H,17,18). The van der Waals surface area contributed by atoms with Crippen molar-refractivity contribution in [3.8, 4) is 0 Å². The minimum atomic E-state index is 0.497. The molecule has 1 saturated carbocycles. The first kappa shape index (κ1) is 14.8. The monoisotopic (exact) mass is 306 g/mol. The van der Waals surface area contributed by atoms with Crippen molar-refractivity contribution < 1.29 is 0 Å². The predicted molar refractivity (Wildman–Crippen MR) is 88.9 cm³/mol. The molecule has 0 aromatic carbocycles. The number of aryl methyl sites for hydroxylation is 2. The van der Waals surface area contributed by atoms with E-state index >= 15 is 0 Å². The molecule has 2 aliphatic carbocycles. The van der Waals surface area contributed by atoms with Crippen molar-refractivity contribution in [2.45, 2.75) is 52.0 Å². The van der Waals surface area contributed by atoms with E-state index in [0.717, 1.165) is 19.0 Å². The van der Waals surface area contributed by atoms with Crippen molar-refractivity contribution in [3.05, 3.63) is 15.6 Å². The molecule has 0 radical (unpaired) electrons. The second-order valence-corrected chi connectivity index (χ2v) is 7.92. The van der Waals surface area contributed by atoms with Gasteiger partial charge in [0.15, 0.2) is 5.96 Å². The van der Waals surface area contributed by atoms with Gasteiger partial charge in [0.05, 0.1) is 12.2 Å². The summed E-state index contributed by atoms with van der Waals surface area (Å²) in [4.78, 5) is 12.9. The van der Waals surface area contributed by atoms with Crippen molar-refractivity contribution in [2.24, 2.45) is 10.4 Å². The molecule has 21 heavy (non-hydrogen) atoms. The highest BCUT2D eigenvalue weighted by atomic mass is 32.1. The van der Waals surface area contributed by atoms with Gasteiger partial charge in [0, 0.05) is 25.5 Å². The van der Waals surface area contributed by atoms with Gasteiger partial charge in [-0.25, -0.2) is 4.98 Å². The number of nitrogens with one attached hydrogen (secondary N) is 1. The van der Waals surface area contributed by atoms with Crippen LogP contribution in [-0.4, -0.2) is 36.5 Å². The molecular weight excluding hydrogens is 280 g/mol. The third kappa shape index (κ3) is 3.57. The molecule has 5 heteroatoms. The lowest BCUT2D eigenvalue weighted by atomic mass is 10.0. The summed E-state index contributed by atoms with van der Waals surface area (Å²) in [6.45, 7) is 4.22. The van der Waals surface area contributed by atoms with Gasteiger partial charge in [0.2, 0.25) is 0 Å². The second kappa shape index (κ2) is 5.95. The van der Waals surface area contributed by atoms with Crippen LogP contribution in [0.3, 0.4) is 0 Å². The van der Waals surface area contributed by atoms with Crippen LogP contribution in [-0.2, 0) is 19.4 Å². The average molecular weight is 306 g/mol. The summed E-state index contributed by atoms with van der Waals surface area (Å²) in [6, 6.07) is 0. The topological polar surface area (TPSA) is 40.5 Å². The van der Waals surface area contributed by atoms with Crippen LogP contribution in [0.5, 0.6) is 0 Å². The molecule has 0 spiro atoms. The van der Waals surface area contributed by atoms with Gasteiger partial charge in [-0.15, -0.1) is 11.3 Å². The van der Waals surface area contributed by atoms with Crippen LogP contribution >= 0.6 is 11.3 Å². The van der Waals surface area contributed by atoms with E-state index in [1.807, 2.05) is 18.4 Å². The summed E-state index contributed by atoms with van der Waals surface area (Å²) in [5.41, 5.74) is 1.85. The molecule has 0 atom stereocenters. The maximum absolute atomic E-state index is 4.82. The summed E-state index contributed by atoms with van der Waals surface area (Å²) in [6.07, 6.45) is 7.68. The first-order valence-corrected chi connectivity index (χ1v) is 8.80. The maximum Gasteiger partial charge on any atom is 0.193 e. The fourth-order valence-electron chi connectivity index (χ4n) is 2.82. The molecule has 2 aliphatic rings. The lowest BCUT2D eigenvalue weighted by Crippen LogP contribution is -2.40. The van der Waals surface area contributed by atoms with Crippen molar-refractivity contribution in [1.82, 2.24) is 15.2 Å². The molecule has 1 N–H and O–H groups in total. The van der Waals surface area contributed by atoms with Crippen LogP contribution in [0.1, 0.15) is 48.2 Å². The maximum atomic E-state index is 4.82. The zero-order chi connectivity index (χ0) is 14.9. The van der Waals surface area contributed by atoms with Gasteiger partial charge < -0.3 is 10.2 Å². The molecule has 1 aromatic rings. The summed E-state index contributed by atoms with van der Waals surface area (Å²) < 4.78 is 0. The molecule has 0 unspecified atom stereocenters. The zero-order valence-corrected chi connectivity index (χ0v) is 14.2. The van der Waals surface area contributed by atoms with Crippen LogP contribution in [0.15, 0.2) is 4.99 Å². The van der Waals surface area contributed by atoms with Gasteiger partial charge in [-0.3, -0.25) is 4.99 Å². The number of aromatic nitrogens is 1. The molecule has 1 fully saturated rings. The fraction of sp³-hybridized carbons (Fsp3) is 0.750. The molecule has 0 amide bonds. The summed E-state index contributed by atoms with van der Waals surface area (Å²) in [7, 11) is 3.96. The Kier molecular flexibility index (Phi) is 4.20. The van der Waals surface area contributed by atoms with Crippen molar-refractivity contribution in [2.75, 3.05) is 20.6 Å². The number of hydrogen-bond acceptors (Lipinski definition) is 3. The Bertz CT molecular complexity index is 507. The van der Waals surface area contributed by atoms with E-state index in [1.165, 1.54) is 54.1 Å². The Balaban J connectivity index is 1.58. The largest absolute Gasteiger partial charge is 0.356 e. The third-order valence-corrected chi connectivity index (χ3v) is 5.75. The van der Waals surface area contributed by atoms with Gasteiger partial charge in [-0.2, -0.15) is 0 Å². The van der Waals surface area contributed by atoms with Gasteiger partial charge in [-0.05, 0) is 43.9 Å². The molecule has 0 bridgehead atoms. The van der Waals surface area contributed by atoms with Gasteiger partial charge in [0.1, 0.15) is 5.01 Å². The molecule has 3 rings (SSSR count). The fourth-order valence-corrected chi connectivity index (χ4v) is 4.03. The molecule has 4 nitrogen and oxygen atoms in total. The average Bonchev–Trinajstić information content (AvgIpc) is 3.06. The van der Waals surface area contributed by atoms with Gasteiger partial charge in [-0.1, -0.05) is 6.92 Å². The van der Waals surface area contributed by atoms with Crippen LogP contribution < -0.4 is 5.32 Å². The highest BCUT2D eigenvalue weighted by Crippen LogP contribution is 2.44. The van der Waals surface area contributed by atoms with Crippen LogP contribution in [0.4, 0.5) is 0 Å². The number of thiazole rings is 1. The second-order valence-electron chi connectivity index (χ2n) is 6.75. The SMILES string of the molecule is CN=C(NCC1(C)CC1)N(C)Cc1nc2c(s1)CCCC2. The van der Waals surface area contributed by atoms with E-state index in [0.29, 0.717) is 5.41 Å². The number of nitrogens with zero attached hydrogens (tertiary/aromatic N) is 3. The molecule has 0 aliphatic heterocycles. The predicted octanol–water partition coefficient (Wildman–Crippen LogP) is 2.83. The first-order chi connectivity index (χ1) is 10.1. The third-order valence-electron chi connectivity index (χ3n) is 4.61. The van der Waals surface area contributed by atoms with E-state index in [4.69, 9.17) is 4.98 Å². The summed E-state index contributed by atoms with van der Waals surface area (Å²) >= 11 is 1.89. The molecule has 0 saturated heterocycles. The molecule has 1 heterocycles. The summed E-state index contributed by atoms with van der Waals surface area (Å²) in [5, 5.41) is 4.73. The smallest absolute Gasteiger partial charge is 0.193 e. The number of aliphatic imine (C=N–C) groups is 1.